The number of carbonyl (C=O) groups excluding carboxylic acids is 1. The van der Waals surface area contributed by atoms with Crippen LogP contribution in [0.25, 0.3) is 0 Å². The summed E-state index contributed by atoms with van der Waals surface area (Å²) in [5.74, 6) is 1.31. The van der Waals surface area contributed by atoms with Crippen molar-refractivity contribution in [2.75, 3.05) is 26.2 Å². The second kappa shape index (κ2) is 8.41. The van der Waals surface area contributed by atoms with Gasteiger partial charge in [-0.1, -0.05) is 27.2 Å². The molecule has 2 unspecified atom stereocenters. The van der Waals surface area contributed by atoms with Crippen LogP contribution in [0.1, 0.15) is 47.0 Å². The predicted octanol–water partition coefficient (Wildman–Crippen LogP) is 2.88. The van der Waals surface area contributed by atoms with E-state index in [2.05, 4.69) is 26.1 Å². The second-order valence-electron chi connectivity index (χ2n) is 5.95. The summed E-state index contributed by atoms with van der Waals surface area (Å²) in [6.07, 6.45) is 3.33. The Bertz CT molecular complexity index is 269. The van der Waals surface area contributed by atoms with Crippen molar-refractivity contribution in [2.24, 2.45) is 11.8 Å². The zero-order valence-electron chi connectivity index (χ0n) is 12.9. The number of nitrogens with one attached hydrogen (secondary N) is 1. The van der Waals surface area contributed by atoms with E-state index in [1.165, 1.54) is 12.8 Å². The molecule has 1 aliphatic rings. The molecule has 0 aromatic rings. The highest BCUT2D eigenvalue weighted by molar-refractivity contribution is 5.67. The van der Waals surface area contributed by atoms with Gasteiger partial charge in [-0.3, -0.25) is 0 Å². The molecule has 0 radical (unpaired) electrons. The molecule has 0 saturated carbocycles. The molecular formula is C15H30N2O2. The summed E-state index contributed by atoms with van der Waals surface area (Å²) in [6.45, 7) is 11.7. The first-order valence-corrected chi connectivity index (χ1v) is 7.71. The van der Waals surface area contributed by atoms with E-state index >= 15 is 0 Å². The topological polar surface area (TPSA) is 41.6 Å². The maximum absolute atomic E-state index is 11.9. The number of hydrogen-bond donors (Lipinski definition) is 1. The highest BCUT2D eigenvalue weighted by atomic mass is 16.6. The van der Waals surface area contributed by atoms with Crippen LogP contribution in [0.5, 0.6) is 0 Å². The number of rotatable bonds is 6. The standard InChI is InChI=1S/C15H30N2O2/c1-5-13-9-14(16-8-7-12(3)4)11-17(10-13)15(18)19-6-2/h12-14,16H,5-11H2,1-4H3. The lowest BCUT2D eigenvalue weighted by atomic mass is 9.92. The molecule has 19 heavy (non-hydrogen) atoms. The summed E-state index contributed by atoms with van der Waals surface area (Å²) in [5.41, 5.74) is 0. The Morgan fingerprint density at radius 2 is 2.11 bits per heavy atom. The van der Waals surface area contributed by atoms with Gasteiger partial charge in [0.25, 0.3) is 0 Å². The fourth-order valence-corrected chi connectivity index (χ4v) is 2.59. The molecule has 1 amide bonds. The number of piperidine rings is 1. The number of carbonyl (C=O) groups is 1. The predicted molar refractivity (Wildman–Crippen MR) is 78.2 cm³/mol. The molecular weight excluding hydrogens is 240 g/mol. The Labute approximate surface area is 117 Å². The molecule has 2 atom stereocenters. The molecule has 1 N–H and O–H groups in total. The van der Waals surface area contributed by atoms with Crippen molar-refractivity contribution in [2.45, 2.75) is 53.0 Å². The molecule has 4 heteroatoms. The molecule has 1 aliphatic heterocycles. The Balaban J connectivity index is 2.45. The zero-order valence-corrected chi connectivity index (χ0v) is 12.9. The highest BCUT2D eigenvalue weighted by Gasteiger charge is 2.29. The first-order chi connectivity index (χ1) is 9.06. The van der Waals surface area contributed by atoms with Crippen LogP contribution in [-0.4, -0.2) is 43.3 Å². The van der Waals surface area contributed by atoms with Crippen molar-refractivity contribution in [3.8, 4) is 0 Å². The van der Waals surface area contributed by atoms with Gasteiger partial charge in [-0.25, -0.2) is 4.79 Å². The normalized spacial score (nSPS) is 23.7. The smallest absolute Gasteiger partial charge is 0.409 e. The van der Waals surface area contributed by atoms with Gasteiger partial charge in [0.15, 0.2) is 0 Å². The maximum atomic E-state index is 11.9. The molecule has 0 aliphatic carbocycles. The molecule has 0 bridgehead atoms. The van der Waals surface area contributed by atoms with Crippen molar-refractivity contribution in [1.29, 1.82) is 0 Å². The molecule has 4 nitrogen and oxygen atoms in total. The fraction of sp³-hybridized carbons (Fsp3) is 0.933. The average Bonchev–Trinajstić information content (AvgIpc) is 2.38. The maximum Gasteiger partial charge on any atom is 0.409 e. The zero-order chi connectivity index (χ0) is 14.3. The summed E-state index contributed by atoms with van der Waals surface area (Å²) in [4.78, 5) is 13.7. The van der Waals surface area contributed by atoms with E-state index in [1.54, 1.807) is 0 Å². The van der Waals surface area contributed by atoms with E-state index < -0.39 is 0 Å². The van der Waals surface area contributed by atoms with Gasteiger partial charge in [0, 0.05) is 19.1 Å². The fourth-order valence-electron chi connectivity index (χ4n) is 2.59. The van der Waals surface area contributed by atoms with Crippen molar-refractivity contribution in [3.63, 3.8) is 0 Å². The summed E-state index contributed by atoms with van der Waals surface area (Å²) in [7, 11) is 0. The molecule has 0 aromatic heterocycles. The minimum absolute atomic E-state index is 0.156. The molecule has 1 rings (SSSR count). The van der Waals surface area contributed by atoms with Gasteiger partial charge >= 0.3 is 6.09 Å². The van der Waals surface area contributed by atoms with E-state index in [9.17, 15) is 4.79 Å². The van der Waals surface area contributed by atoms with Crippen LogP contribution in [0.15, 0.2) is 0 Å². The third-order valence-electron chi connectivity index (χ3n) is 3.80. The van der Waals surface area contributed by atoms with Crippen LogP contribution in [0.4, 0.5) is 4.79 Å². The lowest BCUT2D eigenvalue weighted by Crippen LogP contribution is -2.51. The number of amides is 1. The quantitative estimate of drug-likeness (QED) is 0.807. The minimum Gasteiger partial charge on any atom is -0.450 e. The SMILES string of the molecule is CCOC(=O)N1CC(CC)CC(NCCC(C)C)C1. The first-order valence-electron chi connectivity index (χ1n) is 7.71. The van der Waals surface area contributed by atoms with Crippen LogP contribution in [0, 0.1) is 11.8 Å². The summed E-state index contributed by atoms with van der Waals surface area (Å²) >= 11 is 0. The molecule has 1 heterocycles. The number of likely N-dealkylation sites (tertiary alicyclic amines) is 1. The Kier molecular flexibility index (Phi) is 7.21. The number of ether oxygens (including phenoxy) is 1. The van der Waals surface area contributed by atoms with E-state index in [-0.39, 0.29) is 6.09 Å². The number of nitrogens with zero attached hydrogens (tertiary/aromatic N) is 1. The van der Waals surface area contributed by atoms with Gasteiger partial charge in [-0.2, -0.15) is 0 Å². The van der Waals surface area contributed by atoms with Crippen LogP contribution >= 0.6 is 0 Å². The van der Waals surface area contributed by atoms with Gasteiger partial charge in [0.2, 0.25) is 0 Å². The minimum atomic E-state index is -0.156. The Morgan fingerprint density at radius 1 is 1.37 bits per heavy atom. The van der Waals surface area contributed by atoms with Crippen molar-refractivity contribution < 1.29 is 9.53 Å². The number of hydrogen-bond acceptors (Lipinski definition) is 3. The first kappa shape index (κ1) is 16.3. The van der Waals surface area contributed by atoms with Crippen LogP contribution in [-0.2, 0) is 4.74 Å². The van der Waals surface area contributed by atoms with E-state index in [0.717, 1.165) is 32.0 Å². The highest BCUT2D eigenvalue weighted by Crippen LogP contribution is 2.20. The van der Waals surface area contributed by atoms with Gasteiger partial charge in [0.05, 0.1) is 6.61 Å². The lowest BCUT2D eigenvalue weighted by molar-refractivity contribution is 0.0780. The molecule has 1 fully saturated rings. The van der Waals surface area contributed by atoms with Gasteiger partial charge < -0.3 is 15.0 Å². The molecule has 1 saturated heterocycles. The summed E-state index contributed by atoms with van der Waals surface area (Å²) < 4.78 is 5.12. The van der Waals surface area contributed by atoms with Crippen LogP contribution in [0.3, 0.4) is 0 Å². The van der Waals surface area contributed by atoms with Gasteiger partial charge in [0.1, 0.15) is 0 Å². The lowest BCUT2D eigenvalue weighted by Gasteiger charge is -2.37. The molecule has 0 spiro atoms. The van der Waals surface area contributed by atoms with Crippen LogP contribution < -0.4 is 5.32 Å². The van der Waals surface area contributed by atoms with E-state index in [0.29, 0.717) is 18.6 Å². The van der Waals surface area contributed by atoms with Crippen molar-refractivity contribution >= 4 is 6.09 Å². The van der Waals surface area contributed by atoms with E-state index in [1.807, 2.05) is 11.8 Å². The molecule has 112 valence electrons. The third kappa shape index (κ3) is 5.81. The monoisotopic (exact) mass is 270 g/mol. The summed E-state index contributed by atoms with van der Waals surface area (Å²) in [5, 5.41) is 3.59. The third-order valence-corrected chi connectivity index (χ3v) is 3.80. The van der Waals surface area contributed by atoms with Crippen molar-refractivity contribution in [3.05, 3.63) is 0 Å². The van der Waals surface area contributed by atoms with Crippen molar-refractivity contribution in [1.82, 2.24) is 10.2 Å². The second-order valence-corrected chi connectivity index (χ2v) is 5.95. The summed E-state index contributed by atoms with van der Waals surface area (Å²) in [6, 6.07) is 0.418. The Hall–Kier alpha value is -0.770. The molecule has 0 aromatic carbocycles. The van der Waals surface area contributed by atoms with Gasteiger partial charge in [-0.05, 0) is 38.1 Å². The van der Waals surface area contributed by atoms with Crippen LogP contribution in [0.2, 0.25) is 0 Å². The largest absolute Gasteiger partial charge is 0.450 e. The van der Waals surface area contributed by atoms with Gasteiger partial charge in [-0.15, -0.1) is 0 Å². The van der Waals surface area contributed by atoms with E-state index in [4.69, 9.17) is 4.74 Å². The Morgan fingerprint density at radius 3 is 2.68 bits per heavy atom. The average molecular weight is 270 g/mol.